The molecule has 236 valence electrons. The van der Waals surface area contributed by atoms with Crippen LogP contribution in [0.5, 0.6) is 0 Å². The van der Waals surface area contributed by atoms with Gasteiger partial charge in [-0.05, 0) is 50.5 Å². The summed E-state index contributed by atoms with van der Waals surface area (Å²) < 4.78 is 0. The number of aliphatic carboxylic acids is 2. The van der Waals surface area contributed by atoms with E-state index in [2.05, 4.69) is 33.9 Å². The molecule has 0 aromatic rings. The summed E-state index contributed by atoms with van der Waals surface area (Å²) in [7, 11) is 0. The summed E-state index contributed by atoms with van der Waals surface area (Å²) in [4.78, 5) is 74.7. The van der Waals surface area contributed by atoms with Gasteiger partial charge in [-0.15, -0.1) is 0 Å². The molecule has 14 nitrogen and oxygen atoms in total. The third-order valence-electron chi connectivity index (χ3n) is 6.51. The number of carbonyl (C=O) groups is 6. The first-order valence-electron chi connectivity index (χ1n) is 13.9. The molecule has 0 fully saturated rings. The molecule has 0 unspecified atom stereocenters. The average Bonchev–Trinajstić information content (AvgIpc) is 2.90. The Kier molecular flexibility index (Phi) is 18.6. The van der Waals surface area contributed by atoms with Crippen LogP contribution in [0.4, 0.5) is 0 Å². The number of amides is 4. The summed E-state index contributed by atoms with van der Waals surface area (Å²) in [5.74, 6) is -5.80. The number of carboxylic acids is 2. The predicted octanol–water partition coefficient (Wildman–Crippen LogP) is -0.647. The SMILES string of the molecule is CC[C@H](C)[C@H](NC(=O)[C@H](CCC(=O)O)NC(=O)[C@H](CS)NC(=O)[C@@H](N)CC(C)C)C(=O)N[C@@H](CCCCN)C(=O)O. The van der Waals surface area contributed by atoms with Crippen molar-refractivity contribution in [2.24, 2.45) is 23.3 Å². The minimum absolute atomic E-state index is 0.127. The van der Waals surface area contributed by atoms with E-state index in [1.165, 1.54) is 0 Å². The lowest BCUT2D eigenvalue weighted by atomic mass is 9.96. The predicted molar refractivity (Wildman–Crippen MR) is 156 cm³/mol. The van der Waals surface area contributed by atoms with E-state index in [4.69, 9.17) is 16.6 Å². The minimum atomic E-state index is -1.37. The van der Waals surface area contributed by atoms with Crippen LogP contribution < -0.4 is 32.7 Å². The van der Waals surface area contributed by atoms with Gasteiger partial charge in [0.1, 0.15) is 24.2 Å². The number of unbranched alkanes of at least 4 members (excludes halogenated alkanes) is 1. The Morgan fingerprint density at radius 1 is 0.780 bits per heavy atom. The van der Waals surface area contributed by atoms with E-state index in [-0.39, 0.29) is 24.5 Å². The maximum absolute atomic E-state index is 13.3. The summed E-state index contributed by atoms with van der Waals surface area (Å²) in [6, 6.07) is -5.76. The highest BCUT2D eigenvalue weighted by Gasteiger charge is 2.33. The van der Waals surface area contributed by atoms with Crippen molar-refractivity contribution in [3.8, 4) is 0 Å². The second kappa shape index (κ2) is 20.0. The first-order chi connectivity index (χ1) is 19.2. The second-order valence-corrected chi connectivity index (χ2v) is 10.9. The Morgan fingerprint density at radius 2 is 1.34 bits per heavy atom. The van der Waals surface area contributed by atoms with Gasteiger partial charge in [0, 0.05) is 12.2 Å². The Balaban J connectivity index is 5.75. The van der Waals surface area contributed by atoms with Crippen molar-refractivity contribution in [1.29, 1.82) is 0 Å². The zero-order valence-corrected chi connectivity index (χ0v) is 25.2. The molecule has 0 aromatic heterocycles. The van der Waals surface area contributed by atoms with E-state index >= 15 is 0 Å². The van der Waals surface area contributed by atoms with Crippen molar-refractivity contribution in [3.63, 3.8) is 0 Å². The van der Waals surface area contributed by atoms with E-state index in [0.29, 0.717) is 32.2 Å². The summed E-state index contributed by atoms with van der Waals surface area (Å²) in [5.41, 5.74) is 11.3. The number of nitrogens with two attached hydrogens (primary N) is 2. The first-order valence-corrected chi connectivity index (χ1v) is 14.5. The zero-order valence-electron chi connectivity index (χ0n) is 24.4. The average molecular weight is 605 g/mol. The number of hydrogen-bond donors (Lipinski definition) is 9. The van der Waals surface area contributed by atoms with Gasteiger partial charge in [-0.25, -0.2) is 4.79 Å². The van der Waals surface area contributed by atoms with Gasteiger partial charge in [-0.2, -0.15) is 12.6 Å². The molecule has 0 heterocycles. The highest BCUT2D eigenvalue weighted by atomic mass is 32.1. The summed E-state index contributed by atoms with van der Waals surface area (Å²) in [6.45, 7) is 7.61. The quantitative estimate of drug-likeness (QED) is 0.0592. The lowest BCUT2D eigenvalue weighted by molar-refractivity contribution is -0.143. The van der Waals surface area contributed by atoms with E-state index in [0.717, 1.165) is 0 Å². The Hall–Kier alpha value is -2.91. The molecule has 0 rings (SSSR count). The first kappa shape index (κ1) is 38.1. The maximum atomic E-state index is 13.3. The van der Waals surface area contributed by atoms with Crippen molar-refractivity contribution >= 4 is 48.2 Å². The van der Waals surface area contributed by atoms with Crippen molar-refractivity contribution in [2.75, 3.05) is 12.3 Å². The van der Waals surface area contributed by atoms with Crippen LogP contribution in [0, 0.1) is 11.8 Å². The van der Waals surface area contributed by atoms with Gasteiger partial charge in [0.2, 0.25) is 23.6 Å². The van der Waals surface area contributed by atoms with Crippen molar-refractivity contribution in [3.05, 3.63) is 0 Å². The Morgan fingerprint density at radius 3 is 1.83 bits per heavy atom. The number of carbonyl (C=O) groups excluding carboxylic acids is 4. The van der Waals surface area contributed by atoms with Crippen LogP contribution >= 0.6 is 12.6 Å². The smallest absolute Gasteiger partial charge is 0.326 e. The van der Waals surface area contributed by atoms with Crippen molar-refractivity contribution < 1.29 is 39.0 Å². The van der Waals surface area contributed by atoms with Crippen LogP contribution in [0.1, 0.15) is 72.6 Å². The lowest BCUT2D eigenvalue weighted by Crippen LogP contribution is -2.60. The molecule has 0 aliphatic rings. The number of thiol groups is 1. The highest BCUT2D eigenvalue weighted by molar-refractivity contribution is 7.80. The summed E-state index contributed by atoms with van der Waals surface area (Å²) in [5, 5.41) is 28.6. The highest BCUT2D eigenvalue weighted by Crippen LogP contribution is 2.11. The molecule has 41 heavy (non-hydrogen) atoms. The molecule has 6 atom stereocenters. The number of nitrogens with one attached hydrogen (secondary N) is 4. The molecular formula is C26H48N6O8S. The third-order valence-corrected chi connectivity index (χ3v) is 6.88. The van der Waals surface area contributed by atoms with E-state index in [9.17, 15) is 33.9 Å². The fraction of sp³-hybridized carbons (Fsp3) is 0.769. The number of rotatable bonds is 21. The summed E-state index contributed by atoms with van der Waals surface area (Å²) >= 11 is 4.11. The summed E-state index contributed by atoms with van der Waals surface area (Å²) in [6.07, 6.45) is 1.24. The van der Waals surface area contributed by atoms with Gasteiger partial charge >= 0.3 is 11.9 Å². The molecule has 0 aliphatic carbocycles. The molecule has 0 aromatic carbocycles. The van der Waals surface area contributed by atoms with E-state index < -0.39 is 78.1 Å². The fourth-order valence-corrected chi connectivity index (χ4v) is 4.12. The van der Waals surface area contributed by atoms with Gasteiger partial charge in [0.05, 0.1) is 6.04 Å². The van der Waals surface area contributed by atoms with Gasteiger partial charge in [0.15, 0.2) is 0 Å². The second-order valence-electron chi connectivity index (χ2n) is 10.5. The molecule has 0 bridgehead atoms. The van der Waals surface area contributed by atoms with Crippen LogP contribution in [0.15, 0.2) is 0 Å². The number of hydrogen-bond acceptors (Lipinski definition) is 9. The molecule has 0 spiro atoms. The standard InChI is InChI=1S/C26H48N6O8S/c1-5-15(4)21(25(38)30-18(26(39)40)8-6-7-11-27)32-23(36)17(9-10-20(33)34)29-24(37)19(13-41)31-22(35)16(28)12-14(2)3/h14-19,21,41H,5-13,27-28H2,1-4H3,(H,29,37)(H,30,38)(H,31,35)(H,32,36)(H,33,34)(H,39,40)/t15-,16-,17-,18-,19-,21-/m0/s1. The zero-order chi connectivity index (χ0) is 31.7. The van der Waals surface area contributed by atoms with Crippen LogP contribution in [-0.2, 0) is 28.8 Å². The van der Waals surface area contributed by atoms with Crippen LogP contribution in [0.2, 0.25) is 0 Å². The fourth-order valence-electron chi connectivity index (χ4n) is 3.86. The van der Waals surface area contributed by atoms with Crippen molar-refractivity contribution in [2.45, 2.75) is 103 Å². The molecule has 0 saturated heterocycles. The molecule has 0 aliphatic heterocycles. The lowest BCUT2D eigenvalue weighted by Gasteiger charge is -2.28. The molecule has 10 N–H and O–H groups in total. The van der Waals surface area contributed by atoms with Crippen LogP contribution in [0.3, 0.4) is 0 Å². The van der Waals surface area contributed by atoms with E-state index in [1.807, 2.05) is 13.8 Å². The molecule has 0 radical (unpaired) electrons. The Labute approximate surface area is 246 Å². The van der Waals surface area contributed by atoms with Gasteiger partial charge in [-0.3, -0.25) is 24.0 Å². The van der Waals surface area contributed by atoms with Crippen molar-refractivity contribution in [1.82, 2.24) is 21.3 Å². The number of carboxylic acid groups (broad SMARTS) is 2. The topological polar surface area (TPSA) is 243 Å². The largest absolute Gasteiger partial charge is 0.481 e. The third kappa shape index (κ3) is 15.0. The maximum Gasteiger partial charge on any atom is 0.326 e. The molecule has 15 heteroatoms. The van der Waals surface area contributed by atoms with Crippen LogP contribution in [-0.4, -0.2) is 88.3 Å². The van der Waals surface area contributed by atoms with E-state index in [1.54, 1.807) is 13.8 Å². The Bertz CT molecular complexity index is 890. The molecule has 4 amide bonds. The molecular weight excluding hydrogens is 556 g/mol. The molecule has 0 saturated carbocycles. The normalized spacial score (nSPS) is 15.5. The van der Waals surface area contributed by atoms with Gasteiger partial charge < -0.3 is 42.9 Å². The monoisotopic (exact) mass is 604 g/mol. The van der Waals surface area contributed by atoms with Gasteiger partial charge in [-0.1, -0.05) is 34.1 Å². The van der Waals surface area contributed by atoms with Gasteiger partial charge in [0.25, 0.3) is 0 Å². The minimum Gasteiger partial charge on any atom is -0.481 e. The van der Waals surface area contributed by atoms with Crippen LogP contribution in [0.25, 0.3) is 0 Å².